The molecule has 17 heavy (non-hydrogen) atoms. The van der Waals surface area contributed by atoms with Gasteiger partial charge in [-0.25, -0.2) is 4.39 Å². The van der Waals surface area contributed by atoms with Gasteiger partial charge in [0.25, 0.3) is 0 Å². The second-order valence-corrected chi connectivity index (χ2v) is 5.08. The summed E-state index contributed by atoms with van der Waals surface area (Å²) in [5, 5.41) is 0. The van der Waals surface area contributed by atoms with Crippen LogP contribution in [0.3, 0.4) is 0 Å². The quantitative estimate of drug-likeness (QED) is 0.736. The third kappa shape index (κ3) is 2.16. The minimum Gasteiger partial charge on any atom is -0.368 e. The van der Waals surface area contributed by atoms with Crippen LogP contribution in [0.2, 0.25) is 0 Å². The van der Waals surface area contributed by atoms with Crippen molar-refractivity contribution >= 4 is 5.69 Å². The van der Waals surface area contributed by atoms with Crippen molar-refractivity contribution in [2.75, 3.05) is 31.1 Å². The second kappa shape index (κ2) is 4.65. The zero-order chi connectivity index (χ0) is 11.7. The molecule has 0 saturated carbocycles. The van der Waals surface area contributed by atoms with E-state index in [0.717, 1.165) is 25.2 Å². The minimum atomic E-state index is -0.0843. The molecule has 3 heteroatoms. The summed E-state index contributed by atoms with van der Waals surface area (Å²) in [4.78, 5) is 4.80. The highest BCUT2D eigenvalue weighted by Crippen LogP contribution is 2.26. The van der Waals surface area contributed by atoms with Gasteiger partial charge in [-0.05, 0) is 37.9 Å². The van der Waals surface area contributed by atoms with Crippen LogP contribution in [0.5, 0.6) is 0 Å². The highest BCUT2D eigenvalue weighted by Gasteiger charge is 2.29. The first-order chi connectivity index (χ1) is 8.34. The number of fused-ring (bicyclic) bond motifs is 1. The maximum atomic E-state index is 13.8. The topological polar surface area (TPSA) is 6.48 Å². The van der Waals surface area contributed by atoms with E-state index in [0.29, 0.717) is 6.04 Å². The van der Waals surface area contributed by atoms with E-state index in [4.69, 9.17) is 0 Å². The fourth-order valence-electron chi connectivity index (χ4n) is 3.13. The van der Waals surface area contributed by atoms with Gasteiger partial charge in [-0.3, -0.25) is 4.90 Å². The molecule has 3 rings (SSSR count). The predicted molar refractivity (Wildman–Crippen MR) is 67.8 cm³/mol. The van der Waals surface area contributed by atoms with Crippen LogP contribution >= 0.6 is 0 Å². The van der Waals surface area contributed by atoms with Crippen LogP contribution in [0.4, 0.5) is 10.1 Å². The number of para-hydroxylation sites is 1. The van der Waals surface area contributed by atoms with Gasteiger partial charge in [-0.1, -0.05) is 12.1 Å². The summed E-state index contributed by atoms with van der Waals surface area (Å²) in [6.45, 7) is 4.38. The molecule has 2 nitrogen and oxygen atoms in total. The molecule has 0 spiro atoms. The Morgan fingerprint density at radius 1 is 1.06 bits per heavy atom. The number of anilines is 1. The molecule has 92 valence electrons. The molecule has 0 bridgehead atoms. The molecule has 0 amide bonds. The fourth-order valence-corrected chi connectivity index (χ4v) is 3.13. The van der Waals surface area contributed by atoms with Gasteiger partial charge in [-0.2, -0.15) is 0 Å². The molecular formula is C14H19FN2. The Hall–Kier alpha value is -1.09. The van der Waals surface area contributed by atoms with Crippen LogP contribution < -0.4 is 4.90 Å². The standard InChI is InChI=1S/C14H19FN2/c15-13-6-1-2-7-14(13)17-10-4-9-16-8-3-5-12(16)11-17/h1-2,6-7,12H,3-5,8-11H2. The Kier molecular flexibility index (Phi) is 3.02. The van der Waals surface area contributed by atoms with E-state index >= 15 is 0 Å². The summed E-state index contributed by atoms with van der Waals surface area (Å²) in [6, 6.07) is 7.79. The highest BCUT2D eigenvalue weighted by atomic mass is 19.1. The normalized spacial score (nSPS) is 25.7. The van der Waals surface area contributed by atoms with Crippen molar-refractivity contribution in [1.82, 2.24) is 4.90 Å². The second-order valence-electron chi connectivity index (χ2n) is 5.08. The molecule has 0 radical (unpaired) electrons. The van der Waals surface area contributed by atoms with Gasteiger partial charge in [0.05, 0.1) is 5.69 Å². The predicted octanol–water partition coefficient (Wildman–Crippen LogP) is 2.50. The van der Waals surface area contributed by atoms with Crippen LogP contribution in [-0.2, 0) is 0 Å². The summed E-state index contributed by atoms with van der Waals surface area (Å²) < 4.78 is 13.8. The third-order valence-electron chi connectivity index (χ3n) is 4.00. The summed E-state index contributed by atoms with van der Waals surface area (Å²) in [6.07, 6.45) is 3.71. The van der Waals surface area contributed by atoms with Crippen molar-refractivity contribution in [2.24, 2.45) is 0 Å². The smallest absolute Gasteiger partial charge is 0.146 e. The van der Waals surface area contributed by atoms with E-state index in [1.807, 2.05) is 12.1 Å². The zero-order valence-corrected chi connectivity index (χ0v) is 10.1. The molecule has 0 aliphatic carbocycles. The van der Waals surface area contributed by atoms with Crippen LogP contribution in [0.15, 0.2) is 24.3 Å². The third-order valence-corrected chi connectivity index (χ3v) is 4.00. The first-order valence-electron chi connectivity index (χ1n) is 6.58. The number of benzene rings is 1. The molecule has 0 N–H and O–H groups in total. The van der Waals surface area contributed by atoms with Crippen molar-refractivity contribution in [3.05, 3.63) is 30.1 Å². The number of hydrogen-bond donors (Lipinski definition) is 0. The monoisotopic (exact) mass is 234 g/mol. The van der Waals surface area contributed by atoms with Crippen molar-refractivity contribution < 1.29 is 4.39 Å². The summed E-state index contributed by atoms with van der Waals surface area (Å²) >= 11 is 0. The van der Waals surface area contributed by atoms with Crippen LogP contribution in [-0.4, -0.2) is 37.1 Å². The Bertz CT molecular complexity index is 394. The number of nitrogens with zero attached hydrogens (tertiary/aromatic N) is 2. The largest absolute Gasteiger partial charge is 0.368 e. The molecule has 1 unspecified atom stereocenters. The van der Waals surface area contributed by atoms with Crippen LogP contribution in [0.1, 0.15) is 19.3 Å². The van der Waals surface area contributed by atoms with E-state index in [1.54, 1.807) is 12.1 Å². The summed E-state index contributed by atoms with van der Waals surface area (Å²) in [5.74, 6) is -0.0843. The average Bonchev–Trinajstić information content (AvgIpc) is 2.68. The maximum Gasteiger partial charge on any atom is 0.146 e. The highest BCUT2D eigenvalue weighted by molar-refractivity contribution is 5.48. The lowest BCUT2D eigenvalue weighted by Crippen LogP contribution is -2.36. The van der Waals surface area contributed by atoms with Gasteiger partial charge >= 0.3 is 0 Å². The molecule has 2 fully saturated rings. The molecule has 2 saturated heterocycles. The van der Waals surface area contributed by atoms with Crippen molar-refractivity contribution in [1.29, 1.82) is 0 Å². The fraction of sp³-hybridized carbons (Fsp3) is 0.571. The van der Waals surface area contributed by atoms with E-state index in [9.17, 15) is 4.39 Å². The Labute approximate surface area is 102 Å². The Morgan fingerprint density at radius 3 is 2.76 bits per heavy atom. The van der Waals surface area contributed by atoms with Crippen LogP contribution in [0.25, 0.3) is 0 Å². The first-order valence-corrected chi connectivity index (χ1v) is 6.58. The molecule has 1 atom stereocenters. The lowest BCUT2D eigenvalue weighted by atomic mass is 10.2. The molecule has 2 aliphatic heterocycles. The molecule has 2 aliphatic rings. The van der Waals surface area contributed by atoms with E-state index < -0.39 is 0 Å². The molecule has 1 aromatic rings. The van der Waals surface area contributed by atoms with Gasteiger partial charge in [-0.15, -0.1) is 0 Å². The first kappa shape index (κ1) is 11.0. The SMILES string of the molecule is Fc1ccccc1N1CCCN2CCCC2C1. The Balaban J connectivity index is 1.81. The summed E-state index contributed by atoms with van der Waals surface area (Å²) in [5.41, 5.74) is 0.779. The lowest BCUT2D eigenvalue weighted by molar-refractivity contribution is 0.273. The van der Waals surface area contributed by atoms with E-state index in [2.05, 4.69) is 9.80 Å². The van der Waals surface area contributed by atoms with Crippen molar-refractivity contribution in [3.63, 3.8) is 0 Å². The van der Waals surface area contributed by atoms with Crippen molar-refractivity contribution in [2.45, 2.75) is 25.3 Å². The minimum absolute atomic E-state index is 0.0843. The molecular weight excluding hydrogens is 215 g/mol. The van der Waals surface area contributed by atoms with E-state index in [-0.39, 0.29) is 5.82 Å². The zero-order valence-electron chi connectivity index (χ0n) is 10.1. The summed E-state index contributed by atoms with van der Waals surface area (Å²) in [7, 11) is 0. The number of hydrogen-bond acceptors (Lipinski definition) is 2. The van der Waals surface area contributed by atoms with Crippen LogP contribution in [0, 0.1) is 5.82 Å². The number of rotatable bonds is 1. The van der Waals surface area contributed by atoms with Gasteiger partial charge in [0.2, 0.25) is 0 Å². The van der Waals surface area contributed by atoms with Gasteiger partial charge in [0.15, 0.2) is 0 Å². The Morgan fingerprint density at radius 2 is 1.88 bits per heavy atom. The molecule has 1 aromatic carbocycles. The van der Waals surface area contributed by atoms with Gasteiger partial charge in [0, 0.05) is 25.7 Å². The van der Waals surface area contributed by atoms with E-state index in [1.165, 1.54) is 25.9 Å². The number of halogens is 1. The van der Waals surface area contributed by atoms with Gasteiger partial charge < -0.3 is 4.90 Å². The average molecular weight is 234 g/mol. The molecule has 0 aromatic heterocycles. The van der Waals surface area contributed by atoms with Gasteiger partial charge in [0.1, 0.15) is 5.82 Å². The lowest BCUT2D eigenvalue weighted by Gasteiger charge is -2.27. The maximum absolute atomic E-state index is 13.8. The van der Waals surface area contributed by atoms with Crippen molar-refractivity contribution in [3.8, 4) is 0 Å². The molecule has 2 heterocycles.